The zero-order chi connectivity index (χ0) is 11.5. The standard InChI is InChI=1S/C13H18OSi/c1-11(10-14)12(2)15(3,4)13-8-6-5-7-9-13/h5-9,12H,1-4H3. The van der Waals surface area contributed by atoms with Gasteiger partial charge in [-0.1, -0.05) is 55.5 Å². The summed E-state index contributed by atoms with van der Waals surface area (Å²) in [4.78, 5) is 10.7. The van der Waals surface area contributed by atoms with Crippen molar-refractivity contribution in [3.8, 4) is 0 Å². The lowest BCUT2D eigenvalue weighted by Gasteiger charge is -2.29. The van der Waals surface area contributed by atoms with Crippen molar-refractivity contribution in [1.82, 2.24) is 0 Å². The molecule has 1 nitrogen and oxygen atoms in total. The predicted octanol–water partition coefficient (Wildman–Crippen LogP) is 2.77. The van der Waals surface area contributed by atoms with Crippen LogP contribution in [-0.2, 0) is 4.79 Å². The zero-order valence-corrected chi connectivity index (χ0v) is 10.9. The van der Waals surface area contributed by atoms with Gasteiger partial charge in [0.15, 0.2) is 0 Å². The molecule has 1 rings (SSSR count). The molecule has 0 fully saturated rings. The molecule has 0 aliphatic rings. The van der Waals surface area contributed by atoms with Crippen molar-refractivity contribution in [1.29, 1.82) is 0 Å². The molecular weight excluding hydrogens is 200 g/mol. The van der Waals surface area contributed by atoms with Gasteiger partial charge in [-0.15, -0.1) is 0 Å². The van der Waals surface area contributed by atoms with E-state index in [1.165, 1.54) is 5.19 Å². The van der Waals surface area contributed by atoms with E-state index in [1.54, 1.807) is 0 Å². The number of carbonyl (C=O) groups excluding carboxylic acids is 1. The summed E-state index contributed by atoms with van der Waals surface area (Å²) in [6.07, 6.45) is 0. The summed E-state index contributed by atoms with van der Waals surface area (Å²) >= 11 is 0. The van der Waals surface area contributed by atoms with Crippen molar-refractivity contribution in [3.63, 3.8) is 0 Å². The Hall–Kier alpha value is -1.11. The third-order valence-electron chi connectivity index (χ3n) is 3.41. The highest BCUT2D eigenvalue weighted by Gasteiger charge is 2.31. The second kappa shape index (κ2) is 4.60. The lowest BCUT2D eigenvalue weighted by Crippen LogP contribution is -2.45. The Morgan fingerprint density at radius 2 is 1.80 bits per heavy atom. The Bertz CT molecular complexity index is 375. The zero-order valence-electron chi connectivity index (χ0n) is 9.87. The van der Waals surface area contributed by atoms with Gasteiger partial charge in [-0.05, 0) is 12.5 Å². The van der Waals surface area contributed by atoms with E-state index in [4.69, 9.17) is 0 Å². The van der Waals surface area contributed by atoms with Crippen molar-refractivity contribution in [2.45, 2.75) is 32.5 Å². The van der Waals surface area contributed by atoms with Gasteiger partial charge in [0.05, 0.1) is 8.07 Å². The second-order valence-electron chi connectivity index (χ2n) is 4.59. The molecule has 0 aromatic heterocycles. The van der Waals surface area contributed by atoms with Crippen molar-refractivity contribution in [2.75, 3.05) is 0 Å². The van der Waals surface area contributed by atoms with E-state index < -0.39 is 8.07 Å². The number of benzene rings is 1. The maximum absolute atomic E-state index is 10.7. The average molecular weight is 218 g/mol. The largest absolute Gasteiger partial charge is 0.234 e. The first-order valence-electron chi connectivity index (χ1n) is 5.27. The lowest BCUT2D eigenvalue weighted by molar-refractivity contribution is 0.566. The summed E-state index contributed by atoms with van der Waals surface area (Å²) in [5, 5.41) is 1.40. The predicted molar refractivity (Wildman–Crippen MR) is 67.9 cm³/mol. The van der Waals surface area contributed by atoms with Crippen LogP contribution in [0.15, 0.2) is 35.9 Å². The molecule has 0 saturated carbocycles. The van der Waals surface area contributed by atoms with E-state index in [0.717, 1.165) is 5.57 Å². The summed E-state index contributed by atoms with van der Waals surface area (Å²) in [5.41, 5.74) is 1.19. The third-order valence-corrected chi connectivity index (χ3v) is 7.83. The molecular formula is C13H18OSi. The number of rotatable bonds is 3. The highest BCUT2D eigenvalue weighted by Crippen LogP contribution is 2.26. The van der Waals surface area contributed by atoms with E-state index in [0.29, 0.717) is 5.54 Å². The SMILES string of the molecule is CC(=C=O)C(C)[Si](C)(C)c1ccccc1. The number of hydrogen-bond donors (Lipinski definition) is 0. The summed E-state index contributed by atoms with van der Waals surface area (Å²) in [7, 11) is -1.57. The molecule has 0 amide bonds. The monoisotopic (exact) mass is 218 g/mol. The minimum Gasteiger partial charge on any atom is -0.234 e. The van der Waals surface area contributed by atoms with Crippen LogP contribution in [-0.4, -0.2) is 14.0 Å². The molecule has 1 unspecified atom stereocenters. The summed E-state index contributed by atoms with van der Waals surface area (Å²) < 4.78 is 0. The van der Waals surface area contributed by atoms with Gasteiger partial charge in [0.1, 0.15) is 5.94 Å². The molecule has 1 aromatic rings. The van der Waals surface area contributed by atoms with E-state index in [-0.39, 0.29) is 0 Å². The molecule has 0 spiro atoms. The first-order chi connectivity index (χ1) is 7.00. The average Bonchev–Trinajstić information content (AvgIpc) is 2.28. The topological polar surface area (TPSA) is 17.1 Å². The Labute approximate surface area is 92.8 Å². The molecule has 0 bridgehead atoms. The van der Waals surface area contributed by atoms with Crippen LogP contribution >= 0.6 is 0 Å². The fraction of sp³-hybridized carbons (Fsp3) is 0.385. The summed E-state index contributed by atoms with van der Waals surface area (Å²) in [6.45, 7) is 8.62. The van der Waals surface area contributed by atoms with Crippen LogP contribution < -0.4 is 5.19 Å². The van der Waals surface area contributed by atoms with Crippen LogP contribution in [0, 0.1) is 0 Å². The fourth-order valence-electron chi connectivity index (χ4n) is 1.75. The van der Waals surface area contributed by atoms with Crippen molar-refractivity contribution < 1.29 is 4.79 Å². The van der Waals surface area contributed by atoms with Gasteiger partial charge in [0.25, 0.3) is 0 Å². The van der Waals surface area contributed by atoms with Crippen molar-refractivity contribution in [3.05, 3.63) is 35.9 Å². The van der Waals surface area contributed by atoms with Crippen LogP contribution in [0.1, 0.15) is 13.8 Å². The number of allylic oxidation sites excluding steroid dienone is 1. The van der Waals surface area contributed by atoms with Crippen LogP contribution in [0.5, 0.6) is 0 Å². The highest BCUT2D eigenvalue weighted by atomic mass is 28.3. The second-order valence-corrected chi connectivity index (χ2v) is 9.48. The molecule has 0 aliphatic heterocycles. The van der Waals surface area contributed by atoms with Crippen LogP contribution in [0.3, 0.4) is 0 Å². The normalized spacial score (nSPS) is 13.1. The smallest absolute Gasteiger partial charge is 0.123 e. The van der Waals surface area contributed by atoms with Crippen molar-refractivity contribution >= 4 is 19.2 Å². The number of hydrogen-bond acceptors (Lipinski definition) is 1. The van der Waals surface area contributed by atoms with Gasteiger partial charge in [-0.3, -0.25) is 0 Å². The van der Waals surface area contributed by atoms with Gasteiger partial charge >= 0.3 is 0 Å². The fourth-order valence-corrected chi connectivity index (χ4v) is 4.44. The Kier molecular flexibility index (Phi) is 3.67. The lowest BCUT2D eigenvalue weighted by atomic mass is 10.3. The first kappa shape index (κ1) is 12.0. The molecule has 80 valence electrons. The quantitative estimate of drug-likeness (QED) is 0.563. The highest BCUT2D eigenvalue weighted by molar-refractivity contribution is 6.91. The van der Waals surface area contributed by atoms with Gasteiger partial charge in [0.2, 0.25) is 0 Å². The van der Waals surface area contributed by atoms with Gasteiger partial charge in [-0.25, -0.2) is 4.79 Å². The molecule has 0 saturated heterocycles. The molecule has 1 aromatic carbocycles. The molecule has 0 aliphatic carbocycles. The summed E-state index contributed by atoms with van der Waals surface area (Å²) in [5.74, 6) is 2.04. The maximum atomic E-state index is 10.7. The van der Waals surface area contributed by atoms with Gasteiger partial charge in [-0.2, -0.15) is 0 Å². The maximum Gasteiger partial charge on any atom is 0.123 e. The van der Waals surface area contributed by atoms with E-state index in [9.17, 15) is 4.79 Å². The van der Waals surface area contributed by atoms with Gasteiger partial charge < -0.3 is 0 Å². The van der Waals surface area contributed by atoms with E-state index in [2.05, 4.69) is 44.3 Å². The van der Waals surface area contributed by atoms with Crippen molar-refractivity contribution in [2.24, 2.45) is 0 Å². The molecule has 1 atom stereocenters. The molecule has 0 radical (unpaired) electrons. The van der Waals surface area contributed by atoms with Crippen LogP contribution in [0.4, 0.5) is 0 Å². The first-order valence-corrected chi connectivity index (χ1v) is 8.35. The Morgan fingerprint density at radius 1 is 1.27 bits per heavy atom. The van der Waals surface area contributed by atoms with Gasteiger partial charge in [0, 0.05) is 5.57 Å². The Morgan fingerprint density at radius 3 is 2.27 bits per heavy atom. The molecule has 2 heteroatoms. The Balaban J connectivity index is 3.08. The third kappa shape index (κ3) is 2.47. The van der Waals surface area contributed by atoms with E-state index >= 15 is 0 Å². The molecule has 15 heavy (non-hydrogen) atoms. The van der Waals surface area contributed by atoms with Crippen LogP contribution in [0.2, 0.25) is 18.6 Å². The van der Waals surface area contributed by atoms with Crippen LogP contribution in [0.25, 0.3) is 0 Å². The minimum atomic E-state index is -1.57. The molecule has 0 heterocycles. The van der Waals surface area contributed by atoms with E-state index in [1.807, 2.05) is 18.9 Å². The minimum absolute atomic E-state index is 0.345. The molecule has 0 N–H and O–H groups in total. The summed E-state index contributed by atoms with van der Waals surface area (Å²) in [6, 6.07) is 10.5.